The summed E-state index contributed by atoms with van der Waals surface area (Å²) in [5, 5.41) is 0. The van der Waals surface area contributed by atoms with Crippen LogP contribution in [0.2, 0.25) is 0 Å². The Kier molecular flexibility index (Phi) is 2.36. The van der Waals surface area contributed by atoms with Crippen molar-refractivity contribution in [2.75, 3.05) is 0 Å². The largest absolute Gasteiger partial charge is 0.321 e. The van der Waals surface area contributed by atoms with Gasteiger partial charge in [-0.25, -0.2) is 0 Å². The number of halogens is 1. The molecule has 0 spiro atoms. The first kappa shape index (κ1) is 9.46. The van der Waals surface area contributed by atoms with E-state index in [0.717, 1.165) is 12.8 Å². The third kappa shape index (κ3) is 1.50. The van der Waals surface area contributed by atoms with E-state index in [9.17, 15) is 0 Å². The Bertz CT molecular complexity index is 329. The molecule has 1 fully saturated rings. The van der Waals surface area contributed by atoms with Crippen molar-refractivity contribution in [3.63, 3.8) is 0 Å². The van der Waals surface area contributed by atoms with Crippen molar-refractivity contribution in [3.05, 3.63) is 32.9 Å². The molecule has 0 amide bonds. The summed E-state index contributed by atoms with van der Waals surface area (Å²) in [5.74, 6) is 0. The van der Waals surface area contributed by atoms with Crippen molar-refractivity contribution in [3.8, 4) is 0 Å². The van der Waals surface area contributed by atoms with Crippen LogP contribution in [0.25, 0.3) is 0 Å². The zero-order valence-electron chi connectivity index (χ0n) is 7.81. The van der Waals surface area contributed by atoms with Crippen LogP contribution in [0.5, 0.6) is 0 Å². The molecule has 0 unspecified atom stereocenters. The Balaban J connectivity index is 2.45. The molecule has 2 rings (SSSR count). The Labute approximate surface area is 92.9 Å². The molecule has 0 radical (unpaired) electrons. The molecule has 13 heavy (non-hydrogen) atoms. The molecule has 1 aromatic rings. The average molecular weight is 287 g/mol. The van der Waals surface area contributed by atoms with E-state index < -0.39 is 0 Å². The lowest BCUT2D eigenvalue weighted by Gasteiger charge is -2.39. The smallest absolute Gasteiger partial charge is 0.0412 e. The van der Waals surface area contributed by atoms with Crippen molar-refractivity contribution in [1.82, 2.24) is 0 Å². The molecule has 0 aromatic heterocycles. The summed E-state index contributed by atoms with van der Waals surface area (Å²) in [5.41, 5.74) is 9.00. The topological polar surface area (TPSA) is 26.0 Å². The number of benzene rings is 1. The summed E-state index contributed by atoms with van der Waals surface area (Å²) in [6, 6.07) is 6.43. The van der Waals surface area contributed by atoms with Gasteiger partial charge in [-0.2, -0.15) is 0 Å². The van der Waals surface area contributed by atoms with E-state index in [1.807, 2.05) is 0 Å². The van der Waals surface area contributed by atoms with Gasteiger partial charge in [-0.3, -0.25) is 0 Å². The van der Waals surface area contributed by atoms with E-state index in [1.165, 1.54) is 21.1 Å². The van der Waals surface area contributed by atoms with Crippen molar-refractivity contribution in [2.45, 2.75) is 31.7 Å². The summed E-state index contributed by atoms with van der Waals surface area (Å²) >= 11 is 2.37. The lowest BCUT2D eigenvalue weighted by atomic mass is 9.71. The van der Waals surface area contributed by atoms with Crippen LogP contribution in [0.4, 0.5) is 0 Å². The number of rotatable bonds is 1. The van der Waals surface area contributed by atoms with Gasteiger partial charge >= 0.3 is 0 Å². The zero-order chi connectivity index (χ0) is 9.47. The molecule has 1 aliphatic rings. The van der Waals surface area contributed by atoms with Gasteiger partial charge < -0.3 is 5.73 Å². The van der Waals surface area contributed by atoms with Crippen LogP contribution in [0.1, 0.15) is 30.4 Å². The molecule has 0 bridgehead atoms. The molecular formula is C11H14IN. The molecule has 1 aliphatic carbocycles. The van der Waals surface area contributed by atoms with Crippen LogP contribution in [0.15, 0.2) is 18.2 Å². The maximum Gasteiger partial charge on any atom is 0.0412 e. The van der Waals surface area contributed by atoms with E-state index in [-0.39, 0.29) is 5.54 Å². The highest BCUT2D eigenvalue weighted by Crippen LogP contribution is 2.40. The third-order valence-electron chi connectivity index (χ3n) is 3.05. The first-order valence-corrected chi connectivity index (χ1v) is 5.76. The van der Waals surface area contributed by atoms with E-state index in [1.54, 1.807) is 0 Å². The Morgan fingerprint density at radius 3 is 2.62 bits per heavy atom. The van der Waals surface area contributed by atoms with Gasteiger partial charge in [0.2, 0.25) is 0 Å². The molecule has 1 nitrogen and oxygen atoms in total. The first-order valence-electron chi connectivity index (χ1n) is 4.68. The highest BCUT2D eigenvalue weighted by molar-refractivity contribution is 14.1. The third-order valence-corrected chi connectivity index (χ3v) is 4.22. The SMILES string of the molecule is Cc1c(I)cccc1C1(N)CCC1. The molecular weight excluding hydrogens is 273 g/mol. The molecule has 2 N–H and O–H groups in total. The van der Waals surface area contributed by atoms with E-state index in [4.69, 9.17) is 5.73 Å². The maximum absolute atomic E-state index is 6.29. The lowest BCUT2D eigenvalue weighted by Crippen LogP contribution is -2.43. The Hall–Kier alpha value is -0.0900. The predicted molar refractivity (Wildman–Crippen MR) is 63.6 cm³/mol. The van der Waals surface area contributed by atoms with Gasteiger partial charge in [-0.05, 0) is 66.0 Å². The fourth-order valence-corrected chi connectivity index (χ4v) is 2.47. The zero-order valence-corrected chi connectivity index (χ0v) is 9.97. The Morgan fingerprint density at radius 2 is 2.08 bits per heavy atom. The summed E-state index contributed by atoms with van der Waals surface area (Å²) in [4.78, 5) is 0. The second-order valence-corrected chi connectivity index (χ2v) is 5.08. The fourth-order valence-electron chi connectivity index (χ4n) is 1.97. The molecule has 0 atom stereocenters. The summed E-state index contributed by atoms with van der Waals surface area (Å²) in [7, 11) is 0. The highest BCUT2D eigenvalue weighted by atomic mass is 127. The normalized spacial score (nSPS) is 19.6. The van der Waals surface area contributed by atoms with Crippen LogP contribution < -0.4 is 5.73 Å². The monoisotopic (exact) mass is 287 g/mol. The predicted octanol–water partition coefficient (Wildman–Crippen LogP) is 2.94. The average Bonchev–Trinajstić information content (AvgIpc) is 2.06. The molecule has 70 valence electrons. The molecule has 2 heteroatoms. The van der Waals surface area contributed by atoms with Crippen LogP contribution in [0, 0.1) is 10.5 Å². The van der Waals surface area contributed by atoms with E-state index >= 15 is 0 Å². The van der Waals surface area contributed by atoms with Gasteiger partial charge in [0.1, 0.15) is 0 Å². The highest BCUT2D eigenvalue weighted by Gasteiger charge is 2.35. The van der Waals surface area contributed by atoms with Crippen LogP contribution >= 0.6 is 22.6 Å². The fraction of sp³-hybridized carbons (Fsp3) is 0.455. The minimum Gasteiger partial charge on any atom is -0.321 e. The van der Waals surface area contributed by atoms with Crippen LogP contribution in [-0.4, -0.2) is 0 Å². The lowest BCUT2D eigenvalue weighted by molar-refractivity contribution is 0.252. The second-order valence-electron chi connectivity index (χ2n) is 3.92. The summed E-state index contributed by atoms with van der Waals surface area (Å²) in [6.07, 6.45) is 3.57. The van der Waals surface area contributed by atoms with Crippen molar-refractivity contribution in [1.29, 1.82) is 0 Å². The number of hydrogen-bond donors (Lipinski definition) is 1. The first-order chi connectivity index (χ1) is 6.13. The summed E-state index contributed by atoms with van der Waals surface area (Å²) < 4.78 is 1.33. The standard InChI is InChI=1S/C11H14IN/c1-8-9(4-2-5-10(8)12)11(13)6-3-7-11/h2,4-5H,3,6-7,13H2,1H3. The molecule has 1 aromatic carbocycles. The van der Waals surface area contributed by atoms with Crippen LogP contribution in [0.3, 0.4) is 0 Å². The molecule has 0 aliphatic heterocycles. The van der Waals surface area contributed by atoms with Gasteiger partial charge in [0.05, 0.1) is 0 Å². The van der Waals surface area contributed by atoms with Gasteiger partial charge in [0, 0.05) is 9.11 Å². The van der Waals surface area contributed by atoms with Gasteiger partial charge in [0.25, 0.3) is 0 Å². The molecule has 0 saturated heterocycles. The van der Waals surface area contributed by atoms with Crippen molar-refractivity contribution in [2.24, 2.45) is 5.73 Å². The Morgan fingerprint density at radius 1 is 1.38 bits per heavy atom. The van der Waals surface area contributed by atoms with Gasteiger partial charge in [-0.15, -0.1) is 0 Å². The number of nitrogens with two attached hydrogens (primary N) is 1. The number of hydrogen-bond acceptors (Lipinski definition) is 1. The van der Waals surface area contributed by atoms with E-state index in [0.29, 0.717) is 0 Å². The van der Waals surface area contributed by atoms with Crippen molar-refractivity contribution >= 4 is 22.6 Å². The van der Waals surface area contributed by atoms with Crippen LogP contribution in [-0.2, 0) is 5.54 Å². The van der Waals surface area contributed by atoms with Crippen molar-refractivity contribution < 1.29 is 0 Å². The summed E-state index contributed by atoms with van der Waals surface area (Å²) in [6.45, 7) is 2.17. The molecule has 1 saturated carbocycles. The second kappa shape index (κ2) is 3.24. The van der Waals surface area contributed by atoms with Gasteiger partial charge in [-0.1, -0.05) is 12.1 Å². The minimum absolute atomic E-state index is 0.00867. The quantitative estimate of drug-likeness (QED) is 0.790. The maximum atomic E-state index is 6.29. The minimum atomic E-state index is -0.00867. The molecule has 0 heterocycles. The van der Waals surface area contributed by atoms with Gasteiger partial charge in [0.15, 0.2) is 0 Å². The van der Waals surface area contributed by atoms with E-state index in [2.05, 4.69) is 47.7 Å².